The second kappa shape index (κ2) is 3.06. The molecule has 0 aliphatic rings. The van der Waals surface area contributed by atoms with Crippen molar-refractivity contribution in [2.24, 2.45) is 16.7 Å². The third-order valence-corrected chi connectivity index (χ3v) is 2.29. The minimum absolute atomic E-state index is 0.361. The van der Waals surface area contributed by atoms with Crippen LogP contribution in [0.25, 0.3) is 10.9 Å². The number of amidine groups is 1. The Kier molecular flexibility index (Phi) is 1.89. The van der Waals surface area contributed by atoms with Gasteiger partial charge in [-0.3, -0.25) is 0 Å². The van der Waals surface area contributed by atoms with Crippen molar-refractivity contribution in [3.05, 3.63) is 35.5 Å². The molecule has 14 heavy (non-hydrogen) atoms. The number of para-hydroxylation sites is 1. The molecule has 0 radical (unpaired) electrons. The fraction of sp³-hybridized carbons (Fsp3) is 0.100. The summed E-state index contributed by atoms with van der Waals surface area (Å²) in [5, 5.41) is 4.57. The molecule has 0 aliphatic heterocycles. The summed E-state index contributed by atoms with van der Waals surface area (Å²) in [6.45, 7) is 1.95. The molecule has 0 aliphatic carbocycles. The van der Waals surface area contributed by atoms with E-state index in [1.807, 2.05) is 31.2 Å². The smallest absolute Gasteiger partial charge is 0.152 e. The molecule has 1 aromatic carbocycles. The minimum atomic E-state index is 0.361. The van der Waals surface area contributed by atoms with Gasteiger partial charge < -0.3 is 16.6 Å². The molecule has 0 saturated carbocycles. The van der Waals surface area contributed by atoms with Gasteiger partial charge in [0.05, 0.1) is 0 Å². The summed E-state index contributed by atoms with van der Waals surface area (Å²) in [7, 11) is 0. The van der Waals surface area contributed by atoms with Crippen molar-refractivity contribution >= 4 is 16.7 Å². The molecule has 0 amide bonds. The van der Waals surface area contributed by atoms with E-state index in [2.05, 4.69) is 10.1 Å². The highest BCUT2D eigenvalue weighted by atomic mass is 15.2. The van der Waals surface area contributed by atoms with Crippen LogP contribution in [-0.2, 0) is 0 Å². The summed E-state index contributed by atoms with van der Waals surface area (Å²) in [5.74, 6) is 5.53. The third kappa shape index (κ3) is 1.12. The van der Waals surface area contributed by atoms with Crippen LogP contribution in [0.4, 0.5) is 0 Å². The van der Waals surface area contributed by atoms with Gasteiger partial charge in [-0.15, -0.1) is 0 Å². The van der Waals surface area contributed by atoms with Gasteiger partial charge in [0.1, 0.15) is 0 Å². The van der Waals surface area contributed by atoms with Crippen LogP contribution < -0.4 is 11.6 Å². The van der Waals surface area contributed by atoms with Gasteiger partial charge in [-0.05, 0) is 13.0 Å². The fourth-order valence-electron chi connectivity index (χ4n) is 1.67. The second-order valence-electron chi connectivity index (χ2n) is 3.18. The zero-order valence-corrected chi connectivity index (χ0v) is 7.91. The van der Waals surface area contributed by atoms with Crippen LogP contribution in [0.5, 0.6) is 0 Å². The van der Waals surface area contributed by atoms with Crippen molar-refractivity contribution in [3.63, 3.8) is 0 Å². The maximum absolute atomic E-state index is 5.71. The Morgan fingerprint density at radius 1 is 1.36 bits per heavy atom. The van der Waals surface area contributed by atoms with E-state index in [0.717, 1.165) is 22.2 Å². The van der Waals surface area contributed by atoms with Crippen LogP contribution in [0.3, 0.4) is 0 Å². The van der Waals surface area contributed by atoms with Gasteiger partial charge in [0, 0.05) is 22.2 Å². The number of benzene rings is 1. The van der Waals surface area contributed by atoms with Gasteiger partial charge in [-0.25, -0.2) is 0 Å². The number of H-pyrrole nitrogens is 1. The number of hydrogen-bond donors (Lipinski definition) is 3. The minimum Gasteiger partial charge on any atom is -0.382 e. The summed E-state index contributed by atoms with van der Waals surface area (Å²) in [6.07, 6.45) is 0. The topological polar surface area (TPSA) is 80.2 Å². The van der Waals surface area contributed by atoms with Gasteiger partial charge >= 0.3 is 0 Å². The summed E-state index contributed by atoms with van der Waals surface area (Å²) < 4.78 is 0. The molecule has 72 valence electrons. The Morgan fingerprint density at radius 2 is 2.07 bits per heavy atom. The zero-order chi connectivity index (χ0) is 10.1. The van der Waals surface area contributed by atoms with E-state index in [1.54, 1.807) is 0 Å². The highest BCUT2D eigenvalue weighted by molar-refractivity contribution is 6.09. The van der Waals surface area contributed by atoms with Crippen molar-refractivity contribution in [1.82, 2.24) is 4.98 Å². The normalized spacial score (nSPS) is 12.2. The van der Waals surface area contributed by atoms with E-state index in [-0.39, 0.29) is 0 Å². The number of fused-ring (bicyclic) bond motifs is 1. The number of nitrogens with two attached hydrogens (primary N) is 2. The lowest BCUT2D eigenvalue weighted by molar-refractivity contribution is 1.21. The first-order valence-electron chi connectivity index (χ1n) is 4.35. The lowest BCUT2D eigenvalue weighted by atomic mass is 10.1. The predicted molar refractivity (Wildman–Crippen MR) is 57.9 cm³/mol. The third-order valence-electron chi connectivity index (χ3n) is 2.29. The summed E-state index contributed by atoms with van der Waals surface area (Å²) >= 11 is 0. The average Bonchev–Trinajstić information content (AvgIpc) is 2.53. The molecule has 0 bridgehead atoms. The maximum atomic E-state index is 5.71. The van der Waals surface area contributed by atoms with E-state index in [0.29, 0.717) is 5.84 Å². The summed E-state index contributed by atoms with van der Waals surface area (Å²) in [6, 6.07) is 7.92. The number of hydrazone groups is 1. The molecule has 0 fully saturated rings. The van der Waals surface area contributed by atoms with Gasteiger partial charge in [-0.1, -0.05) is 18.2 Å². The summed E-state index contributed by atoms with van der Waals surface area (Å²) in [4.78, 5) is 3.23. The lowest BCUT2D eigenvalue weighted by Gasteiger charge is -1.97. The molecule has 1 heterocycles. The van der Waals surface area contributed by atoms with Crippen LogP contribution in [0.1, 0.15) is 11.3 Å². The van der Waals surface area contributed by atoms with Crippen LogP contribution in [-0.4, -0.2) is 10.8 Å². The van der Waals surface area contributed by atoms with E-state index < -0.39 is 0 Å². The standard InChI is InChI=1S/C10H12N4/c1-6-9(10(11)14-12)7-4-2-3-5-8(7)13-6/h2-5,13H,12H2,1H3,(H2,11,14). The molecule has 2 rings (SSSR count). The number of aromatic amines is 1. The van der Waals surface area contributed by atoms with Crippen molar-refractivity contribution in [3.8, 4) is 0 Å². The Labute approximate surface area is 81.6 Å². The van der Waals surface area contributed by atoms with Gasteiger partial charge in [0.2, 0.25) is 0 Å². The molecular weight excluding hydrogens is 176 g/mol. The number of nitrogens with zero attached hydrogens (tertiary/aromatic N) is 1. The first-order valence-corrected chi connectivity index (χ1v) is 4.35. The average molecular weight is 188 g/mol. The highest BCUT2D eigenvalue weighted by Gasteiger charge is 2.10. The first kappa shape index (κ1) is 8.62. The molecule has 0 atom stereocenters. The first-order chi connectivity index (χ1) is 6.74. The van der Waals surface area contributed by atoms with E-state index in [4.69, 9.17) is 11.6 Å². The van der Waals surface area contributed by atoms with Crippen molar-refractivity contribution < 1.29 is 0 Å². The van der Waals surface area contributed by atoms with Gasteiger partial charge in [0.25, 0.3) is 0 Å². The van der Waals surface area contributed by atoms with Gasteiger partial charge in [-0.2, -0.15) is 5.10 Å². The maximum Gasteiger partial charge on any atom is 0.152 e. The Morgan fingerprint density at radius 3 is 2.79 bits per heavy atom. The van der Waals surface area contributed by atoms with Crippen LogP contribution >= 0.6 is 0 Å². The Balaban J connectivity index is 2.81. The fourth-order valence-corrected chi connectivity index (χ4v) is 1.67. The lowest BCUT2D eigenvalue weighted by Crippen LogP contribution is -2.16. The van der Waals surface area contributed by atoms with Gasteiger partial charge in [0.15, 0.2) is 5.84 Å². The van der Waals surface area contributed by atoms with Crippen molar-refractivity contribution in [2.45, 2.75) is 6.92 Å². The number of aryl methyl sites for hydroxylation is 1. The van der Waals surface area contributed by atoms with Crippen molar-refractivity contribution in [2.75, 3.05) is 0 Å². The molecule has 0 unspecified atom stereocenters. The van der Waals surface area contributed by atoms with Crippen LogP contribution in [0.2, 0.25) is 0 Å². The molecule has 5 N–H and O–H groups in total. The van der Waals surface area contributed by atoms with E-state index in [1.165, 1.54) is 0 Å². The monoisotopic (exact) mass is 188 g/mol. The second-order valence-corrected chi connectivity index (χ2v) is 3.18. The SMILES string of the molecule is Cc1[nH]c2ccccc2c1/C(N)=N/N. The Bertz CT molecular complexity index is 496. The Hall–Kier alpha value is -1.97. The molecule has 4 nitrogen and oxygen atoms in total. The number of aromatic nitrogens is 1. The van der Waals surface area contributed by atoms with Crippen molar-refractivity contribution in [1.29, 1.82) is 0 Å². The molecule has 0 spiro atoms. The largest absolute Gasteiger partial charge is 0.382 e. The van der Waals surface area contributed by atoms with Crippen LogP contribution in [0.15, 0.2) is 29.4 Å². The quantitative estimate of drug-likeness (QED) is 0.271. The molecule has 4 heteroatoms. The molecule has 0 saturated heterocycles. The summed E-state index contributed by atoms with van der Waals surface area (Å²) in [5.41, 5.74) is 8.63. The molecular formula is C10H12N4. The van der Waals surface area contributed by atoms with E-state index >= 15 is 0 Å². The number of rotatable bonds is 1. The number of nitrogens with one attached hydrogen (secondary N) is 1. The molecule has 1 aromatic heterocycles. The highest BCUT2D eigenvalue weighted by Crippen LogP contribution is 2.20. The van der Waals surface area contributed by atoms with E-state index in [9.17, 15) is 0 Å². The number of hydrogen-bond acceptors (Lipinski definition) is 2. The zero-order valence-electron chi connectivity index (χ0n) is 7.91. The predicted octanol–water partition coefficient (Wildman–Crippen LogP) is 1.06. The molecule has 2 aromatic rings. The van der Waals surface area contributed by atoms with Crippen LogP contribution in [0, 0.1) is 6.92 Å².